The molecule has 0 unspecified atom stereocenters. The third kappa shape index (κ3) is 2.98. The molecule has 0 aliphatic carbocycles. The van der Waals surface area contributed by atoms with E-state index in [0.717, 1.165) is 11.0 Å². The van der Waals surface area contributed by atoms with Crippen LogP contribution in [0, 0.1) is 0 Å². The number of urea groups is 1. The van der Waals surface area contributed by atoms with Gasteiger partial charge in [-0.3, -0.25) is 9.69 Å². The van der Waals surface area contributed by atoms with Gasteiger partial charge in [-0.1, -0.05) is 24.3 Å². The minimum absolute atomic E-state index is 0.00592. The molecule has 0 radical (unpaired) electrons. The minimum Gasteiger partial charge on any atom is -0.478 e. The topological polar surface area (TPSA) is 86.7 Å². The standard InChI is InChI=1S/C13H12N2O4/c16-11-7-14-13(19)15(11)8-10-4-2-1-3-9(10)5-6-12(17)18/h1-6H,7-8H2,(H,14,19)(H,17,18). The van der Waals surface area contributed by atoms with Crippen molar-refractivity contribution in [3.63, 3.8) is 0 Å². The van der Waals surface area contributed by atoms with E-state index in [-0.39, 0.29) is 19.0 Å². The Kier molecular flexibility index (Phi) is 3.61. The van der Waals surface area contributed by atoms with Gasteiger partial charge in [0.2, 0.25) is 5.91 Å². The molecule has 1 heterocycles. The van der Waals surface area contributed by atoms with Gasteiger partial charge in [0.05, 0.1) is 13.1 Å². The molecule has 1 aliphatic rings. The average molecular weight is 260 g/mol. The average Bonchev–Trinajstić information content (AvgIpc) is 2.69. The van der Waals surface area contributed by atoms with Gasteiger partial charge in [-0.05, 0) is 17.2 Å². The van der Waals surface area contributed by atoms with Gasteiger partial charge in [-0.2, -0.15) is 0 Å². The maximum Gasteiger partial charge on any atom is 0.328 e. The first-order chi connectivity index (χ1) is 9.08. The minimum atomic E-state index is -1.05. The third-order valence-electron chi connectivity index (χ3n) is 2.73. The van der Waals surface area contributed by atoms with E-state index in [2.05, 4.69) is 5.32 Å². The number of carboxylic acid groups (broad SMARTS) is 1. The number of carboxylic acids is 1. The van der Waals surface area contributed by atoms with Crippen LogP contribution in [0.2, 0.25) is 0 Å². The highest BCUT2D eigenvalue weighted by molar-refractivity contribution is 6.01. The van der Waals surface area contributed by atoms with Crippen molar-refractivity contribution < 1.29 is 19.5 Å². The fourth-order valence-corrected chi connectivity index (χ4v) is 1.79. The van der Waals surface area contributed by atoms with Crippen LogP contribution in [0.4, 0.5) is 4.79 Å². The number of hydrogen-bond acceptors (Lipinski definition) is 3. The number of rotatable bonds is 4. The number of imide groups is 1. The molecule has 6 heteroatoms. The van der Waals surface area contributed by atoms with Crippen LogP contribution in [0.3, 0.4) is 0 Å². The monoisotopic (exact) mass is 260 g/mol. The van der Waals surface area contributed by atoms with E-state index in [4.69, 9.17) is 5.11 Å². The Labute approximate surface area is 109 Å². The molecule has 0 bridgehead atoms. The lowest BCUT2D eigenvalue weighted by atomic mass is 10.1. The van der Waals surface area contributed by atoms with Gasteiger partial charge < -0.3 is 10.4 Å². The molecular weight excluding hydrogens is 248 g/mol. The van der Waals surface area contributed by atoms with Gasteiger partial charge in [0, 0.05) is 6.08 Å². The van der Waals surface area contributed by atoms with Gasteiger partial charge in [0.25, 0.3) is 0 Å². The van der Waals surface area contributed by atoms with Crippen LogP contribution >= 0.6 is 0 Å². The maximum atomic E-state index is 11.5. The van der Waals surface area contributed by atoms with Gasteiger partial charge in [0.1, 0.15) is 0 Å². The van der Waals surface area contributed by atoms with Crippen molar-refractivity contribution >= 4 is 24.0 Å². The quantitative estimate of drug-likeness (QED) is 0.620. The van der Waals surface area contributed by atoms with E-state index in [0.29, 0.717) is 11.1 Å². The normalized spacial score (nSPS) is 15.1. The van der Waals surface area contributed by atoms with Crippen LogP contribution in [-0.2, 0) is 16.1 Å². The molecule has 0 saturated carbocycles. The Morgan fingerprint density at radius 1 is 1.37 bits per heavy atom. The van der Waals surface area contributed by atoms with Crippen molar-refractivity contribution in [3.05, 3.63) is 41.5 Å². The van der Waals surface area contributed by atoms with Crippen LogP contribution < -0.4 is 5.32 Å². The summed E-state index contributed by atoms with van der Waals surface area (Å²) >= 11 is 0. The molecular formula is C13H12N2O4. The molecule has 1 aromatic carbocycles. The molecule has 19 heavy (non-hydrogen) atoms. The first-order valence-corrected chi connectivity index (χ1v) is 5.65. The van der Waals surface area contributed by atoms with Gasteiger partial charge >= 0.3 is 12.0 Å². The van der Waals surface area contributed by atoms with E-state index in [1.807, 2.05) is 0 Å². The molecule has 1 fully saturated rings. The summed E-state index contributed by atoms with van der Waals surface area (Å²) in [6, 6.07) is 6.58. The molecule has 6 nitrogen and oxygen atoms in total. The van der Waals surface area contributed by atoms with E-state index in [9.17, 15) is 14.4 Å². The number of amides is 3. The number of nitrogens with zero attached hydrogens (tertiary/aromatic N) is 1. The summed E-state index contributed by atoms with van der Waals surface area (Å²) in [4.78, 5) is 34.6. The number of carbonyl (C=O) groups excluding carboxylic acids is 2. The highest BCUT2D eigenvalue weighted by Crippen LogP contribution is 2.15. The fourth-order valence-electron chi connectivity index (χ4n) is 1.79. The van der Waals surface area contributed by atoms with Crippen LogP contribution in [0.25, 0.3) is 6.08 Å². The highest BCUT2D eigenvalue weighted by Gasteiger charge is 2.28. The van der Waals surface area contributed by atoms with E-state index < -0.39 is 12.0 Å². The SMILES string of the molecule is O=C(O)C=Cc1ccccc1CN1C(=O)CNC1=O. The molecule has 0 spiro atoms. The summed E-state index contributed by atoms with van der Waals surface area (Å²) in [7, 11) is 0. The molecule has 2 rings (SSSR count). The number of benzene rings is 1. The van der Waals surface area contributed by atoms with Crippen molar-refractivity contribution in [1.82, 2.24) is 10.2 Å². The third-order valence-corrected chi connectivity index (χ3v) is 2.73. The van der Waals surface area contributed by atoms with Crippen molar-refractivity contribution in [2.24, 2.45) is 0 Å². The number of nitrogens with one attached hydrogen (secondary N) is 1. The highest BCUT2D eigenvalue weighted by atomic mass is 16.4. The second kappa shape index (κ2) is 5.34. The molecule has 1 aliphatic heterocycles. The molecule has 0 aromatic heterocycles. The predicted molar refractivity (Wildman–Crippen MR) is 67.1 cm³/mol. The Hall–Kier alpha value is -2.63. The fraction of sp³-hybridized carbons (Fsp3) is 0.154. The zero-order valence-electron chi connectivity index (χ0n) is 10.00. The summed E-state index contributed by atoms with van der Waals surface area (Å²) in [5.41, 5.74) is 1.38. The number of carbonyl (C=O) groups is 3. The van der Waals surface area contributed by atoms with Crippen LogP contribution in [0.5, 0.6) is 0 Å². The Balaban J connectivity index is 2.23. The van der Waals surface area contributed by atoms with Crippen molar-refractivity contribution in [1.29, 1.82) is 0 Å². The van der Waals surface area contributed by atoms with Gasteiger partial charge in [-0.15, -0.1) is 0 Å². The van der Waals surface area contributed by atoms with Crippen LogP contribution in [0.15, 0.2) is 30.3 Å². The van der Waals surface area contributed by atoms with E-state index >= 15 is 0 Å². The largest absolute Gasteiger partial charge is 0.478 e. The summed E-state index contributed by atoms with van der Waals surface area (Å²) < 4.78 is 0. The molecule has 1 aromatic rings. The lowest BCUT2D eigenvalue weighted by Gasteiger charge is -2.14. The Bertz CT molecular complexity index is 550. The number of aliphatic carboxylic acids is 1. The Morgan fingerprint density at radius 2 is 2.11 bits per heavy atom. The summed E-state index contributed by atoms with van der Waals surface area (Å²) in [6.07, 6.45) is 2.46. The lowest BCUT2D eigenvalue weighted by Crippen LogP contribution is -2.30. The molecule has 0 atom stereocenters. The van der Waals surface area contributed by atoms with E-state index in [1.165, 1.54) is 6.08 Å². The van der Waals surface area contributed by atoms with Crippen LogP contribution in [-0.4, -0.2) is 34.5 Å². The summed E-state index contributed by atoms with van der Waals surface area (Å²) in [5, 5.41) is 11.1. The summed E-state index contributed by atoms with van der Waals surface area (Å²) in [5.74, 6) is -1.34. The zero-order valence-corrected chi connectivity index (χ0v) is 10.00. The lowest BCUT2D eigenvalue weighted by molar-refractivity contribution is -0.131. The predicted octanol–water partition coefficient (Wildman–Crippen LogP) is 0.836. The molecule has 98 valence electrons. The van der Waals surface area contributed by atoms with Crippen molar-refractivity contribution in [3.8, 4) is 0 Å². The first-order valence-electron chi connectivity index (χ1n) is 5.65. The van der Waals surface area contributed by atoms with Gasteiger partial charge in [-0.25, -0.2) is 9.59 Å². The zero-order chi connectivity index (χ0) is 13.8. The van der Waals surface area contributed by atoms with E-state index in [1.54, 1.807) is 24.3 Å². The number of hydrogen-bond donors (Lipinski definition) is 2. The Morgan fingerprint density at radius 3 is 2.74 bits per heavy atom. The molecule has 3 amide bonds. The van der Waals surface area contributed by atoms with Crippen molar-refractivity contribution in [2.75, 3.05) is 6.54 Å². The second-order valence-electron chi connectivity index (χ2n) is 4.01. The summed E-state index contributed by atoms with van der Waals surface area (Å²) in [6.45, 7) is 0.136. The van der Waals surface area contributed by atoms with Crippen molar-refractivity contribution in [2.45, 2.75) is 6.54 Å². The molecule has 2 N–H and O–H groups in total. The second-order valence-corrected chi connectivity index (χ2v) is 4.01. The molecule has 1 saturated heterocycles. The maximum absolute atomic E-state index is 11.5. The smallest absolute Gasteiger partial charge is 0.328 e. The first kappa shape index (κ1) is 12.8. The van der Waals surface area contributed by atoms with Crippen LogP contribution in [0.1, 0.15) is 11.1 Å². The van der Waals surface area contributed by atoms with Gasteiger partial charge in [0.15, 0.2) is 0 Å².